The van der Waals surface area contributed by atoms with Gasteiger partial charge >= 0.3 is 12.1 Å². The molecule has 0 aliphatic heterocycles. The normalized spacial score (nSPS) is 11.7. The van der Waals surface area contributed by atoms with E-state index in [9.17, 15) is 27.9 Å². The summed E-state index contributed by atoms with van der Waals surface area (Å²) in [6.45, 7) is 1.28. The molecule has 0 aliphatic rings. The van der Waals surface area contributed by atoms with E-state index in [1.165, 1.54) is 31.2 Å². The smallest absolute Gasteiger partial charge is 0.417 e. The first kappa shape index (κ1) is 23.9. The molecule has 174 valence electrons. The molecule has 0 fully saturated rings. The van der Waals surface area contributed by atoms with Gasteiger partial charge in [-0.3, -0.25) is 4.79 Å². The van der Waals surface area contributed by atoms with Crippen molar-refractivity contribution in [2.24, 2.45) is 0 Å². The Morgan fingerprint density at radius 1 is 1.12 bits per heavy atom. The third-order valence-electron chi connectivity index (χ3n) is 5.24. The van der Waals surface area contributed by atoms with Crippen LogP contribution in [0.2, 0.25) is 5.02 Å². The molecule has 0 radical (unpaired) electrons. The van der Waals surface area contributed by atoms with Crippen LogP contribution >= 0.6 is 27.5 Å². The van der Waals surface area contributed by atoms with E-state index in [0.29, 0.717) is 4.47 Å². The zero-order chi connectivity index (χ0) is 24.9. The third kappa shape index (κ3) is 3.97. The first-order valence-corrected chi connectivity index (χ1v) is 10.7. The van der Waals surface area contributed by atoms with Crippen molar-refractivity contribution in [3.8, 4) is 11.3 Å². The molecule has 0 unspecified atom stereocenters. The number of aromatic nitrogens is 2. The van der Waals surface area contributed by atoms with Gasteiger partial charge < -0.3 is 5.11 Å². The predicted molar refractivity (Wildman–Crippen MR) is 121 cm³/mol. The SMILES string of the molecule is Cc1c(C(=O)O)ccc(-c2nn(C(=O)c3c(Cl)cccc3C(F)(F)F)c3cc(Br)ccc23)c1F. The van der Waals surface area contributed by atoms with Gasteiger partial charge in [0.15, 0.2) is 0 Å². The number of carbonyl (C=O) groups is 2. The van der Waals surface area contributed by atoms with E-state index >= 15 is 4.39 Å². The zero-order valence-corrected chi connectivity index (χ0v) is 19.4. The summed E-state index contributed by atoms with van der Waals surface area (Å²) >= 11 is 9.24. The molecular weight excluding hydrogens is 544 g/mol. The summed E-state index contributed by atoms with van der Waals surface area (Å²) in [5.41, 5.74) is -2.51. The molecule has 0 aliphatic carbocycles. The lowest BCUT2D eigenvalue weighted by molar-refractivity contribution is -0.137. The van der Waals surface area contributed by atoms with Crippen molar-refractivity contribution in [3.05, 3.63) is 86.1 Å². The van der Waals surface area contributed by atoms with Gasteiger partial charge in [-0.2, -0.15) is 23.0 Å². The van der Waals surface area contributed by atoms with Crippen molar-refractivity contribution in [3.63, 3.8) is 0 Å². The second kappa shape index (κ2) is 8.52. The highest BCUT2D eigenvalue weighted by atomic mass is 79.9. The van der Waals surface area contributed by atoms with Crippen molar-refractivity contribution in [2.75, 3.05) is 0 Å². The monoisotopic (exact) mass is 554 g/mol. The van der Waals surface area contributed by atoms with Crippen LogP contribution in [0.4, 0.5) is 17.6 Å². The van der Waals surface area contributed by atoms with Crippen LogP contribution in [0, 0.1) is 12.7 Å². The van der Waals surface area contributed by atoms with Crippen LogP contribution in [0.1, 0.15) is 31.8 Å². The summed E-state index contributed by atoms with van der Waals surface area (Å²) in [6.07, 6.45) is -4.86. The number of aromatic carboxylic acids is 1. The number of carbonyl (C=O) groups excluding carboxylic acids is 1. The summed E-state index contributed by atoms with van der Waals surface area (Å²) < 4.78 is 57.2. The highest BCUT2D eigenvalue weighted by molar-refractivity contribution is 9.10. The molecule has 4 rings (SSSR count). The summed E-state index contributed by atoms with van der Waals surface area (Å²) in [5, 5.41) is 13.2. The highest BCUT2D eigenvalue weighted by Gasteiger charge is 2.37. The number of benzene rings is 3. The fourth-order valence-corrected chi connectivity index (χ4v) is 4.23. The van der Waals surface area contributed by atoms with Gasteiger partial charge in [-0.15, -0.1) is 0 Å². The third-order valence-corrected chi connectivity index (χ3v) is 6.05. The largest absolute Gasteiger partial charge is 0.478 e. The molecule has 5 nitrogen and oxygen atoms in total. The highest BCUT2D eigenvalue weighted by Crippen LogP contribution is 2.38. The van der Waals surface area contributed by atoms with E-state index < -0.39 is 40.0 Å². The molecule has 34 heavy (non-hydrogen) atoms. The van der Waals surface area contributed by atoms with Crippen molar-refractivity contribution in [2.45, 2.75) is 13.1 Å². The van der Waals surface area contributed by atoms with Crippen molar-refractivity contribution in [1.29, 1.82) is 0 Å². The summed E-state index contributed by atoms with van der Waals surface area (Å²) in [5.74, 6) is -3.36. The van der Waals surface area contributed by atoms with E-state index in [2.05, 4.69) is 21.0 Å². The number of fused-ring (bicyclic) bond motifs is 1. The Balaban J connectivity index is 2.01. The number of hydrogen-bond donors (Lipinski definition) is 1. The van der Waals surface area contributed by atoms with Gasteiger partial charge in [-0.05, 0) is 55.0 Å². The van der Waals surface area contributed by atoms with Crippen LogP contribution in [0.5, 0.6) is 0 Å². The summed E-state index contributed by atoms with van der Waals surface area (Å²) in [6, 6.07) is 9.91. The number of alkyl halides is 3. The van der Waals surface area contributed by atoms with Crippen LogP contribution in [-0.2, 0) is 6.18 Å². The van der Waals surface area contributed by atoms with Crippen LogP contribution < -0.4 is 0 Å². The van der Waals surface area contributed by atoms with Gasteiger partial charge in [-0.25, -0.2) is 9.18 Å². The van der Waals surface area contributed by atoms with Crippen molar-refractivity contribution >= 4 is 50.3 Å². The van der Waals surface area contributed by atoms with E-state index in [1.54, 1.807) is 6.07 Å². The topological polar surface area (TPSA) is 72.2 Å². The van der Waals surface area contributed by atoms with E-state index in [1.807, 2.05) is 0 Å². The van der Waals surface area contributed by atoms with Gasteiger partial charge in [-0.1, -0.05) is 33.6 Å². The van der Waals surface area contributed by atoms with Gasteiger partial charge in [0.1, 0.15) is 11.5 Å². The average Bonchev–Trinajstić information content (AvgIpc) is 3.12. The van der Waals surface area contributed by atoms with E-state index in [4.69, 9.17) is 11.6 Å². The molecule has 11 heteroatoms. The molecule has 0 bridgehead atoms. The summed E-state index contributed by atoms with van der Waals surface area (Å²) in [7, 11) is 0. The van der Waals surface area contributed by atoms with Gasteiger partial charge in [0.2, 0.25) is 0 Å². The first-order valence-electron chi connectivity index (χ1n) is 9.53. The van der Waals surface area contributed by atoms with Crippen LogP contribution in [0.3, 0.4) is 0 Å². The van der Waals surface area contributed by atoms with Gasteiger partial charge in [0.05, 0.1) is 27.2 Å². The molecule has 1 aromatic heterocycles. The van der Waals surface area contributed by atoms with Gasteiger partial charge in [0.25, 0.3) is 5.91 Å². The maximum Gasteiger partial charge on any atom is 0.417 e. The van der Waals surface area contributed by atoms with Crippen molar-refractivity contribution in [1.82, 2.24) is 9.78 Å². The molecule has 1 heterocycles. The Kier molecular flexibility index (Phi) is 5.99. The first-order chi connectivity index (χ1) is 15.9. The Morgan fingerprint density at radius 2 is 1.82 bits per heavy atom. The second-order valence-electron chi connectivity index (χ2n) is 7.29. The molecule has 1 N–H and O–H groups in total. The molecule has 0 amide bonds. The van der Waals surface area contributed by atoms with Gasteiger partial charge in [0, 0.05) is 15.4 Å². The molecular formula is C23H12BrClF4N2O3. The molecule has 0 spiro atoms. The molecule has 0 atom stereocenters. The zero-order valence-electron chi connectivity index (χ0n) is 17.0. The minimum atomic E-state index is -4.86. The van der Waals surface area contributed by atoms with Crippen LogP contribution in [0.15, 0.2) is 53.0 Å². The van der Waals surface area contributed by atoms with E-state index in [0.717, 1.165) is 22.9 Å². The number of carboxylic acids is 1. The summed E-state index contributed by atoms with van der Waals surface area (Å²) in [4.78, 5) is 24.7. The Bertz CT molecular complexity index is 1500. The lowest BCUT2D eigenvalue weighted by Gasteiger charge is -2.13. The fraction of sp³-hybridized carbons (Fsp3) is 0.0870. The Hall–Kier alpha value is -3.24. The quantitative estimate of drug-likeness (QED) is 0.277. The standard InChI is InChI=1S/C23H12BrClF4N2O3/c1-10-12(22(33)34)7-8-14(19(10)26)20-13-6-5-11(24)9-17(13)31(30-20)21(32)18-15(23(27,28)29)3-2-4-16(18)25/h2-9H,1H3,(H,33,34). The average molecular weight is 556 g/mol. The number of carboxylic acid groups (broad SMARTS) is 1. The fourth-order valence-electron chi connectivity index (χ4n) is 3.63. The maximum atomic E-state index is 15.2. The van der Waals surface area contributed by atoms with E-state index in [-0.39, 0.29) is 33.3 Å². The number of rotatable bonds is 3. The van der Waals surface area contributed by atoms with Crippen LogP contribution in [-0.4, -0.2) is 26.8 Å². The Labute approximate surface area is 202 Å². The number of hydrogen-bond acceptors (Lipinski definition) is 3. The molecule has 0 saturated carbocycles. The maximum absolute atomic E-state index is 15.2. The Morgan fingerprint density at radius 3 is 2.47 bits per heavy atom. The lowest BCUT2D eigenvalue weighted by atomic mass is 10.0. The second-order valence-corrected chi connectivity index (χ2v) is 8.61. The predicted octanol–water partition coefficient (Wildman–Crippen LogP) is 6.97. The molecule has 0 saturated heterocycles. The molecule has 3 aromatic carbocycles. The number of halogens is 6. The number of nitrogens with zero attached hydrogens (tertiary/aromatic N) is 2. The minimum Gasteiger partial charge on any atom is -0.478 e. The lowest BCUT2D eigenvalue weighted by Crippen LogP contribution is -2.20. The molecule has 4 aromatic rings. The van der Waals surface area contributed by atoms with Crippen molar-refractivity contribution < 1.29 is 32.3 Å². The van der Waals surface area contributed by atoms with Crippen LogP contribution in [0.25, 0.3) is 22.2 Å². The minimum absolute atomic E-state index is 0.0472.